The van der Waals surface area contributed by atoms with Crippen LogP contribution in [0.2, 0.25) is 0 Å². The Hall–Kier alpha value is -0.206. The van der Waals surface area contributed by atoms with Crippen molar-refractivity contribution in [2.45, 2.75) is 0 Å². The second-order valence-corrected chi connectivity index (χ2v) is 1.63. The van der Waals surface area contributed by atoms with Crippen LogP contribution in [0, 0.1) is 6.07 Å². The van der Waals surface area contributed by atoms with Gasteiger partial charge < -0.3 is 9.90 Å². The summed E-state index contributed by atoms with van der Waals surface area (Å²) in [6.45, 7) is 0. The topological polar surface area (TPSA) is 37.3 Å². The van der Waals surface area contributed by atoms with Crippen LogP contribution in [-0.4, -0.2) is 11.4 Å². The van der Waals surface area contributed by atoms with Gasteiger partial charge in [-0.25, -0.2) is 0 Å². The number of phenolic OH excluding ortho intramolecular Hbond substituents is 1. The zero-order valence-corrected chi connectivity index (χ0v) is 8.08. The fourth-order valence-electron chi connectivity index (χ4n) is 0.502. The van der Waals surface area contributed by atoms with E-state index in [1.54, 1.807) is 0 Å². The van der Waals surface area contributed by atoms with Crippen molar-refractivity contribution in [1.82, 2.24) is 0 Å². The van der Waals surface area contributed by atoms with Crippen LogP contribution in [0.15, 0.2) is 18.2 Å². The van der Waals surface area contributed by atoms with Gasteiger partial charge in [0, 0.05) is 38.5 Å². The number of rotatable bonds is 1. The van der Waals surface area contributed by atoms with Gasteiger partial charge >= 0.3 is 0 Å². The number of hydrogen-bond donors (Lipinski definition) is 1. The fraction of sp³-hybridized carbons (Fsp3) is 0. The third-order valence-corrected chi connectivity index (χ3v) is 0.956. The Morgan fingerprint density at radius 1 is 1.50 bits per heavy atom. The van der Waals surface area contributed by atoms with E-state index < -0.39 is 0 Å². The predicted octanol–water partition coefficient (Wildman–Crippen LogP) is 1.00. The maximum atomic E-state index is 10.0. The van der Waals surface area contributed by atoms with Crippen molar-refractivity contribution in [2.75, 3.05) is 0 Å². The first-order valence-electron chi connectivity index (χ1n) is 2.49. The number of carbonyl (C=O) groups is 1. The first kappa shape index (κ1) is 9.79. The van der Waals surface area contributed by atoms with Gasteiger partial charge in [-0.05, 0) is 0 Å². The van der Waals surface area contributed by atoms with E-state index in [9.17, 15) is 4.79 Å². The van der Waals surface area contributed by atoms with E-state index in [2.05, 4.69) is 6.07 Å². The van der Waals surface area contributed by atoms with E-state index in [1.165, 1.54) is 18.2 Å². The molecule has 0 aliphatic heterocycles. The second kappa shape index (κ2) is 4.58. The van der Waals surface area contributed by atoms with Gasteiger partial charge in [0.15, 0.2) is 0 Å². The van der Waals surface area contributed by atoms with Gasteiger partial charge in [-0.15, -0.1) is 12.1 Å². The van der Waals surface area contributed by atoms with E-state index in [0.29, 0.717) is 11.8 Å². The van der Waals surface area contributed by atoms with E-state index in [4.69, 9.17) is 5.11 Å². The average Bonchev–Trinajstić information content (AvgIpc) is 1.90. The number of aromatic hydroxyl groups is 1. The number of hydrogen-bond acceptors (Lipinski definition) is 2. The normalized spacial score (nSPS) is 8.00. The van der Waals surface area contributed by atoms with Crippen molar-refractivity contribution in [3.63, 3.8) is 0 Å². The molecule has 1 aromatic rings. The van der Waals surface area contributed by atoms with Crippen molar-refractivity contribution < 1.29 is 42.6 Å². The van der Waals surface area contributed by atoms with Crippen LogP contribution in [0.1, 0.15) is 10.4 Å². The van der Waals surface area contributed by atoms with Crippen LogP contribution in [-0.2, 0) is 32.7 Å². The van der Waals surface area contributed by atoms with Gasteiger partial charge in [0.25, 0.3) is 0 Å². The average molecular weight is 210 g/mol. The van der Waals surface area contributed by atoms with Crippen molar-refractivity contribution in [2.24, 2.45) is 0 Å². The molecule has 0 bridgehead atoms. The van der Waals surface area contributed by atoms with Crippen LogP contribution in [0.3, 0.4) is 0 Å². The number of carbonyl (C=O) groups excluding carboxylic acids is 1. The van der Waals surface area contributed by atoms with Crippen LogP contribution in [0.5, 0.6) is 5.75 Å². The Bertz CT molecular complexity index is 205. The van der Waals surface area contributed by atoms with Gasteiger partial charge in [-0.1, -0.05) is 5.56 Å². The summed E-state index contributed by atoms with van der Waals surface area (Å²) in [6, 6.07) is 6.85. The van der Waals surface area contributed by atoms with Crippen LogP contribution in [0.25, 0.3) is 0 Å². The summed E-state index contributed by atoms with van der Waals surface area (Å²) >= 11 is 0. The summed E-state index contributed by atoms with van der Waals surface area (Å²) in [6.07, 6.45) is 0.704. The van der Waals surface area contributed by atoms with Crippen LogP contribution < -0.4 is 0 Å². The minimum Gasteiger partial charge on any atom is -0.534 e. The van der Waals surface area contributed by atoms with E-state index in [0.717, 1.165) is 0 Å². The Kier molecular flexibility index (Phi) is 4.49. The molecule has 0 saturated heterocycles. The summed E-state index contributed by atoms with van der Waals surface area (Å²) in [7, 11) is 0. The summed E-state index contributed by atoms with van der Waals surface area (Å²) in [5.74, 6) is 0.0561. The first-order valence-corrected chi connectivity index (χ1v) is 2.49. The molecule has 10 heavy (non-hydrogen) atoms. The van der Waals surface area contributed by atoms with Gasteiger partial charge in [-0.3, -0.25) is 0 Å². The fourth-order valence-corrected chi connectivity index (χ4v) is 0.502. The molecule has 0 saturated carbocycles. The molecule has 49 valence electrons. The molecule has 0 amide bonds. The monoisotopic (exact) mass is 210 g/mol. The summed E-state index contributed by atoms with van der Waals surface area (Å²) < 4.78 is 0. The second-order valence-electron chi connectivity index (χ2n) is 1.63. The molecule has 0 fully saturated rings. The Labute approximate surface area is 84.1 Å². The molecule has 1 aromatic carbocycles. The molecule has 0 aliphatic carbocycles. The van der Waals surface area contributed by atoms with Crippen LogP contribution in [0.4, 0.5) is 0 Å². The number of phenols is 1. The molecular weight excluding hydrogens is 205 g/mol. The zero-order chi connectivity index (χ0) is 6.69. The predicted molar refractivity (Wildman–Crippen MR) is 32.3 cm³/mol. The van der Waals surface area contributed by atoms with Crippen LogP contribution >= 0.6 is 0 Å². The minimum atomic E-state index is 0. The molecule has 0 heterocycles. The maximum absolute atomic E-state index is 10.0. The molecule has 3 heteroatoms. The molecule has 0 atom stereocenters. The molecule has 1 N–H and O–H groups in total. The van der Waals surface area contributed by atoms with Gasteiger partial charge in [0.2, 0.25) is 0 Å². The standard InChI is InChI=1S/C7H5O2.Y/c8-5-6-1-3-7(9)4-2-6;/h1-3,5,9H;/q-1;. The summed E-state index contributed by atoms with van der Waals surface area (Å²) in [5, 5.41) is 8.68. The molecule has 0 unspecified atom stereocenters. The molecule has 0 spiro atoms. The third-order valence-electron chi connectivity index (χ3n) is 0.956. The minimum absolute atomic E-state index is 0. The zero-order valence-electron chi connectivity index (χ0n) is 5.24. The number of benzene rings is 1. The smallest absolute Gasteiger partial charge is 0.0950 e. The molecule has 0 aliphatic rings. The van der Waals surface area contributed by atoms with Crippen molar-refractivity contribution in [1.29, 1.82) is 0 Å². The molecule has 1 rings (SSSR count). The summed E-state index contributed by atoms with van der Waals surface area (Å²) in [5.41, 5.74) is 0.521. The quantitative estimate of drug-likeness (QED) is 0.554. The van der Waals surface area contributed by atoms with Gasteiger partial charge in [0.05, 0.1) is 6.29 Å². The third kappa shape index (κ3) is 2.59. The molecule has 2 nitrogen and oxygen atoms in total. The Morgan fingerprint density at radius 2 is 2.20 bits per heavy atom. The van der Waals surface area contributed by atoms with Gasteiger partial charge in [0.1, 0.15) is 0 Å². The summed E-state index contributed by atoms with van der Waals surface area (Å²) in [4.78, 5) is 10.0. The van der Waals surface area contributed by atoms with E-state index in [1.807, 2.05) is 0 Å². The number of aldehydes is 1. The first-order chi connectivity index (χ1) is 4.33. The van der Waals surface area contributed by atoms with Crippen molar-refractivity contribution >= 4 is 6.29 Å². The molecule has 1 radical (unpaired) electrons. The Morgan fingerprint density at radius 3 is 2.60 bits per heavy atom. The largest absolute Gasteiger partial charge is 0.534 e. The van der Waals surface area contributed by atoms with Crippen molar-refractivity contribution in [3.8, 4) is 5.75 Å². The SMILES string of the molecule is O=Cc1c[c-]c(O)cc1.[Y]. The Balaban J connectivity index is 0.000000810. The molecular formula is C7H5O2Y-. The van der Waals surface area contributed by atoms with Gasteiger partial charge in [-0.2, -0.15) is 12.1 Å². The van der Waals surface area contributed by atoms with Crippen molar-refractivity contribution in [3.05, 3.63) is 29.8 Å². The van der Waals surface area contributed by atoms with E-state index in [-0.39, 0.29) is 38.5 Å². The van der Waals surface area contributed by atoms with E-state index >= 15 is 0 Å². The molecule has 0 aromatic heterocycles. The maximum Gasteiger partial charge on any atom is 0.0950 e.